The summed E-state index contributed by atoms with van der Waals surface area (Å²) < 4.78 is 34.8. The standard InChI is InChI=1S/C26H43F2N7O3/c1-4-6-26(5-2)12-18-21(23(29)33-20(26)11-16(27)13-31-18)24(36)32-19-15-30-14-17(28)22(19)34-7-9-35(10-8-34)25(37)38-3/h17-23,30,33H,4-12,14-15,29H2,1-3H3,(H,32,36). The summed E-state index contributed by atoms with van der Waals surface area (Å²) in [4.78, 5) is 33.7. The molecule has 2 amide bonds. The first-order valence-corrected chi connectivity index (χ1v) is 13.9. The fourth-order valence-corrected chi connectivity index (χ4v) is 7.00. The zero-order valence-electron chi connectivity index (χ0n) is 22.7. The van der Waals surface area contributed by atoms with Crippen molar-refractivity contribution in [1.82, 2.24) is 25.8 Å². The van der Waals surface area contributed by atoms with Gasteiger partial charge in [-0.05, 0) is 24.7 Å². The topological polar surface area (TPSA) is 124 Å². The van der Waals surface area contributed by atoms with Gasteiger partial charge in [0.1, 0.15) is 6.17 Å². The Hall–Kier alpha value is -2.11. The molecule has 4 aliphatic heterocycles. The largest absolute Gasteiger partial charge is 0.453 e. The van der Waals surface area contributed by atoms with E-state index in [1.165, 1.54) is 7.11 Å². The number of nitrogens with two attached hydrogens (primary N) is 1. The summed E-state index contributed by atoms with van der Waals surface area (Å²) >= 11 is 0. The van der Waals surface area contributed by atoms with Crippen LogP contribution in [-0.4, -0.2) is 111 Å². The Labute approximate surface area is 223 Å². The first-order chi connectivity index (χ1) is 18.2. The predicted molar refractivity (Wildman–Crippen MR) is 140 cm³/mol. The van der Waals surface area contributed by atoms with E-state index in [2.05, 4.69) is 40.7 Å². The summed E-state index contributed by atoms with van der Waals surface area (Å²) in [6.07, 6.45) is 1.03. The average Bonchev–Trinajstić information content (AvgIpc) is 2.96. The lowest BCUT2D eigenvalue weighted by atomic mass is 9.68. The lowest BCUT2D eigenvalue weighted by molar-refractivity contribution is -0.128. The second-order valence-corrected chi connectivity index (χ2v) is 11.1. The van der Waals surface area contributed by atoms with Gasteiger partial charge in [-0.15, -0.1) is 0 Å². The Kier molecular flexibility index (Phi) is 9.41. The molecule has 0 aromatic rings. The summed E-state index contributed by atoms with van der Waals surface area (Å²) in [5.74, 6) is 1.03. The van der Waals surface area contributed by atoms with Gasteiger partial charge >= 0.3 is 6.09 Å². The van der Waals surface area contributed by atoms with Crippen LogP contribution >= 0.6 is 0 Å². The van der Waals surface area contributed by atoms with Crippen LogP contribution < -0.4 is 21.7 Å². The number of carbonyl (C=O) groups is 2. The van der Waals surface area contributed by atoms with E-state index in [1.54, 1.807) is 4.90 Å². The van der Waals surface area contributed by atoms with E-state index in [0.717, 1.165) is 19.3 Å². The molecule has 10 nitrogen and oxygen atoms in total. The molecule has 2 bridgehead atoms. The van der Waals surface area contributed by atoms with Gasteiger partial charge in [0, 0.05) is 57.6 Å². The van der Waals surface area contributed by atoms with Crippen LogP contribution in [0.1, 0.15) is 46.0 Å². The number of fused-ring (bicyclic) bond motifs is 3. The van der Waals surface area contributed by atoms with E-state index in [0.29, 0.717) is 39.1 Å². The van der Waals surface area contributed by atoms with Gasteiger partial charge in [0.25, 0.3) is 0 Å². The van der Waals surface area contributed by atoms with Gasteiger partial charge in [-0.2, -0.15) is 0 Å². The summed E-state index contributed by atoms with van der Waals surface area (Å²) in [5.41, 5.74) is 6.34. The predicted octanol–water partition coefficient (Wildman–Crippen LogP) is 0.920. The Balaban J connectivity index is 1.53. The molecule has 4 rings (SSSR count). The van der Waals surface area contributed by atoms with Crippen molar-refractivity contribution in [2.24, 2.45) is 22.1 Å². The highest BCUT2D eigenvalue weighted by Crippen LogP contribution is 2.44. The first kappa shape index (κ1) is 28.9. The van der Waals surface area contributed by atoms with E-state index in [4.69, 9.17) is 10.5 Å². The SMILES string of the molecule is CCCC1(CC)CC2N=C=C(F)CC1NC(N)C2C(=O)NC1CNCC(F)C1N1CCN(C(=O)OC)CC1. The van der Waals surface area contributed by atoms with Crippen molar-refractivity contribution < 1.29 is 23.1 Å². The van der Waals surface area contributed by atoms with Crippen LogP contribution in [0.4, 0.5) is 13.6 Å². The highest BCUT2D eigenvalue weighted by Gasteiger charge is 2.50. The zero-order valence-corrected chi connectivity index (χ0v) is 22.7. The molecule has 38 heavy (non-hydrogen) atoms. The zero-order chi connectivity index (χ0) is 27.4. The van der Waals surface area contributed by atoms with Crippen molar-refractivity contribution >= 4 is 17.9 Å². The van der Waals surface area contributed by atoms with Crippen LogP contribution in [-0.2, 0) is 9.53 Å². The van der Waals surface area contributed by atoms with Crippen LogP contribution in [0, 0.1) is 11.3 Å². The van der Waals surface area contributed by atoms with Crippen molar-refractivity contribution in [2.75, 3.05) is 46.4 Å². The van der Waals surface area contributed by atoms with Crippen LogP contribution in [0.25, 0.3) is 0 Å². The van der Waals surface area contributed by atoms with Gasteiger partial charge in [-0.3, -0.25) is 15.0 Å². The summed E-state index contributed by atoms with van der Waals surface area (Å²) in [5, 5.41) is 9.56. The van der Waals surface area contributed by atoms with E-state index in [1.807, 2.05) is 4.90 Å². The Bertz CT molecular complexity index is 925. The molecular weight excluding hydrogens is 496 g/mol. The van der Waals surface area contributed by atoms with Gasteiger partial charge in [0.15, 0.2) is 5.83 Å². The number of hydrogen-bond donors (Lipinski definition) is 4. The molecule has 8 atom stereocenters. The van der Waals surface area contributed by atoms with Crippen LogP contribution in [0.15, 0.2) is 10.8 Å². The number of amides is 2. The Morgan fingerprint density at radius 2 is 2.00 bits per heavy atom. The molecule has 8 unspecified atom stereocenters. The molecule has 0 spiro atoms. The third kappa shape index (κ3) is 5.89. The first-order valence-electron chi connectivity index (χ1n) is 13.9. The molecule has 0 aliphatic carbocycles. The molecule has 214 valence electrons. The monoisotopic (exact) mass is 539 g/mol. The fraction of sp³-hybridized carbons (Fsp3) is 0.846. The number of piperidine rings is 1. The van der Waals surface area contributed by atoms with E-state index >= 15 is 4.39 Å². The van der Waals surface area contributed by atoms with Gasteiger partial charge in [0.2, 0.25) is 5.91 Å². The molecule has 0 aromatic carbocycles. The number of piperazine rings is 1. The molecule has 4 heterocycles. The lowest BCUT2D eigenvalue weighted by Crippen LogP contribution is -2.68. The molecule has 0 aromatic heterocycles. The summed E-state index contributed by atoms with van der Waals surface area (Å²) in [6.45, 7) is 6.60. The molecule has 5 N–H and O–H groups in total. The van der Waals surface area contributed by atoms with Crippen molar-refractivity contribution in [3.63, 3.8) is 0 Å². The number of rotatable bonds is 6. The second kappa shape index (κ2) is 12.4. The molecule has 4 aliphatic rings. The Morgan fingerprint density at radius 3 is 2.66 bits per heavy atom. The van der Waals surface area contributed by atoms with Gasteiger partial charge in [0.05, 0.1) is 37.3 Å². The maximum atomic E-state index is 15.3. The normalized spacial score (nSPS) is 38.1. The maximum absolute atomic E-state index is 15.3. The maximum Gasteiger partial charge on any atom is 0.409 e. The van der Waals surface area contributed by atoms with Crippen LogP contribution in [0.3, 0.4) is 0 Å². The van der Waals surface area contributed by atoms with Crippen molar-refractivity contribution in [1.29, 1.82) is 0 Å². The number of carbonyl (C=O) groups excluding carboxylic acids is 2. The minimum atomic E-state index is -1.20. The lowest BCUT2D eigenvalue weighted by Gasteiger charge is -2.45. The number of aliphatic imine (C=N–C) groups is 1. The number of ether oxygens (including phenoxy) is 1. The van der Waals surface area contributed by atoms with Crippen LogP contribution in [0.5, 0.6) is 0 Å². The molecular formula is C26H43F2N7O3. The molecule has 0 radical (unpaired) electrons. The van der Waals surface area contributed by atoms with E-state index < -0.39 is 48.3 Å². The highest BCUT2D eigenvalue weighted by atomic mass is 19.1. The van der Waals surface area contributed by atoms with Crippen LogP contribution in [0.2, 0.25) is 0 Å². The quantitative estimate of drug-likeness (QED) is 0.396. The molecule has 3 fully saturated rings. The van der Waals surface area contributed by atoms with Gasteiger partial charge in [-0.1, -0.05) is 20.3 Å². The van der Waals surface area contributed by atoms with E-state index in [-0.39, 0.29) is 30.3 Å². The van der Waals surface area contributed by atoms with Gasteiger partial charge in [-0.25, -0.2) is 18.6 Å². The average molecular weight is 540 g/mol. The molecule has 0 saturated carbocycles. The van der Waals surface area contributed by atoms with Crippen molar-refractivity contribution in [3.05, 3.63) is 5.83 Å². The number of nitrogens with zero attached hydrogens (tertiary/aromatic N) is 3. The number of alkyl halides is 1. The Morgan fingerprint density at radius 1 is 1.26 bits per heavy atom. The number of nitrogens with one attached hydrogen (secondary N) is 3. The number of hydrogen-bond acceptors (Lipinski definition) is 8. The minimum Gasteiger partial charge on any atom is -0.453 e. The smallest absolute Gasteiger partial charge is 0.409 e. The summed E-state index contributed by atoms with van der Waals surface area (Å²) in [6, 6.07) is -1.82. The fourth-order valence-electron chi connectivity index (χ4n) is 7.00. The minimum absolute atomic E-state index is 0.141. The number of methoxy groups -OCH3 is 1. The summed E-state index contributed by atoms with van der Waals surface area (Å²) in [7, 11) is 1.34. The third-order valence-corrected chi connectivity index (χ3v) is 9.02. The molecule has 12 heteroatoms. The number of halogens is 2. The van der Waals surface area contributed by atoms with Gasteiger partial charge < -0.3 is 26.0 Å². The molecule has 3 saturated heterocycles. The van der Waals surface area contributed by atoms with E-state index in [9.17, 15) is 14.0 Å². The highest BCUT2D eigenvalue weighted by molar-refractivity contribution is 5.81. The second-order valence-electron chi connectivity index (χ2n) is 11.1. The third-order valence-electron chi connectivity index (χ3n) is 9.02. The van der Waals surface area contributed by atoms with Crippen molar-refractivity contribution in [2.45, 2.75) is 82.5 Å². The van der Waals surface area contributed by atoms with Crippen molar-refractivity contribution in [3.8, 4) is 0 Å².